The molecule has 2 aromatic carbocycles. The van der Waals surface area contributed by atoms with E-state index in [1.165, 1.54) is 24.3 Å². The van der Waals surface area contributed by atoms with Crippen LogP contribution in [0, 0.1) is 0 Å². The summed E-state index contributed by atoms with van der Waals surface area (Å²) in [6.45, 7) is 0. The second kappa shape index (κ2) is 8.53. The van der Waals surface area contributed by atoms with E-state index in [4.69, 9.17) is 16.7 Å². The first-order chi connectivity index (χ1) is 14.2. The van der Waals surface area contributed by atoms with Gasteiger partial charge in [-0.2, -0.15) is 9.97 Å². The molecule has 0 amide bonds. The van der Waals surface area contributed by atoms with Crippen molar-refractivity contribution in [3.05, 3.63) is 75.8 Å². The lowest BCUT2D eigenvalue weighted by atomic mass is 10.0. The van der Waals surface area contributed by atoms with Crippen molar-refractivity contribution in [2.24, 2.45) is 0 Å². The number of nitrogens with zero attached hydrogens (tertiary/aromatic N) is 3. The molecule has 0 aliphatic carbocycles. The molecule has 0 radical (unpaired) electrons. The van der Waals surface area contributed by atoms with Crippen molar-refractivity contribution in [3.63, 3.8) is 0 Å². The molecule has 0 saturated heterocycles. The van der Waals surface area contributed by atoms with Gasteiger partial charge in [0.15, 0.2) is 0 Å². The van der Waals surface area contributed by atoms with Crippen LogP contribution in [-0.2, 0) is 6.42 Å². The van der Waals surface area contributed by atoms with Crippen molar-refractivity contribution in [2.45, 2.75) is 6.42 Å². The monoisotopic (exact) mass is 428 g/mol. The van der Waals surface area contributed by atoms with Crippen LogP contribution >= 0.6 is 11.6 Å². The molecule has 30 heavy (non-hydrogen) atoms. The first-order valence-corrected chi connectivity index (χ1v) is 8.70. The van der Waals surface area contributed by atoms with Gasteiger partial charge in [0.1, 0.15) is 5.82 Å². The van der Waals surface area contributed by atoms with Crippen molar-refractivity contribution in [1.29, 1.82) is 0 Å². The van der Waals surface area contributed by atoms with Crippen LogP contribution < -0.4 is 5.32 Å². The second-order valence-corrected chi connectivity index (χ2v) is 6.40. The molecule has 0 saturated carbocycles. The van der Waals surface area contributed by atoms with Crippen LogP contribution in [0.5, 0.6) is 0 Å². The minimum Gasteiger partial charge on any atom is -0.478 e. The number of aromatic carboxylic acids is 3. The molecule has 0 bridgehead atoms. The maximum absolute atomic E-state index is 11.3. The Morgan fingerprint density at radius 3 is 2.07 bits per heavy atom. The fraction of sp³-hybridized carbons (Fsp3) is 0.0526. The Balaban J connectivity index is 1.91. The van der Waals surface area contributed by atoms with Gasteiger partial charge in [0.05, 0.1) is 16.7 Å². The molecule has 3 rings (SSSR count). The average Bonchev–Trinajstić information content (AvgIpc) is 2.67. The Morgan fingerprint density at radius 2 is 1.47 bits per heavy atom. The quantitative estimate of drug-likeness (QED) is 0.439. The number of hydrogen-bond acceptors (Lipinski definition) is 7. The minimum atomic E-state index is -1.27. The fourth-order valence-corrected chi connectivity index (χ4v) is 2.79. The van der Waals surface area contributed by atoms with Gasteiger partial charge in [0.2, 0.25) is 11.2 Å². The van der Waals surface area contributed by atoms with Gasteiger partial charge < -0.3 is 20.6 Å². The van der Waals surface area contributed by atoms with Gasteiger partial charge in [-0.1, -0.05) is 6.07 Å². The highest BCUT2D eigenvalue weighted by Gasteiger charge is 2.14. The molecule has 0 fully saturated rings. The summed E-state index contributed by atoms with van der Waals surface area (Å²) in [6, 6.07) is 9.65. The first kappa shape index (κ1) is 20.7. The van der Waals surface area contributed by atoms with E-state index in [2.05, 4.69) is 20.3 Å². The number of carbonyl (C=O) groups is 3. The van der Waals surface area contributed by atoms with E-state index in [1.807, 2.05) is 0 Å². The number of aromatic nitrogens is 3. The third-order valence-electron chi connectivity index (χ3n) is 3.87. The van der Waals surface area contributed by atoms with Crippen LogP contribution in [0.2, 0.25) is 5.28 Å². The Bertz CT molecular complexity index is 1140. The normalized spacial score (nSPS) is 10.4. The van der Waals surface area contributed by atoms with Gasteiger partial charge in [0, 0.05) is 12.1 Å². The fourth-order valence-electron chi connectivity index (χ4n) is 2.61. The summed E-state index contributed by atoms with van der Waals surface area (Å²) in [4.78, 5) is 45.7. The van der Waals surface area contributed by atoms with Crippen LogP contribution in [0.1, 0.15) is 42.5 Å². The molecule has 1 heterocycles. The van der Waals surface area contributed by atoms with Gasteiger partial charge >= 0.3 is 17.9 Å². The summed E-state index contributed by atoms with van der Waals surface area (Å²) in [5, 5.41) is 30.1. The predicted molar refractivity (Wildman–Crippen MR) is 105 cm³/mol. The number of benzene rings is 2. The highest BCUT2D eigenvalue weighted by molar-refractivity contribution is 6.28. The Hall–Kier alpha value is -4.05. The van der Waals surface area contributed by atoms with E-state index in [-0.39, 0.29) is 40.2 Å². The molecule has 0 atom stereocenters. The second-order valence-electron chi connectivity index (χ2n) is 6.06. The van der Waals surface area contributed by atoms with Gasteiger partial charge in [-0.3, -0.25) is 0 Å². The highest BCUT2D eigenvalue weighted by Crippen LogP contribution is 2.18. The lowest BCUT2D eigenvalue weighted by molar-refractivity contribution is 0.0682. The van der Waals surface area contributed by atoms with E-state index >= 15 is 0 Å². The van der Waals surface area contributed by atoms with Gasteiger partial charge in [0.25, 0.3) is 0 Å². The van der Waals surface area contributed by atoms with E-state index in [9.17, 15) is 24.6 Å². The first-order valence-electron chi connectivity index (χ1n) is 8.32. The van der Waals surface area contributed by atoms with E-state index in [0.29, 0.717) is 11.3 Å². The summed E-state index contributed by atoms with van der Waals surface area (Å²) >= 11 is 5.94. The molecule has 4 N–H and O–H groups in total. The highest BCUT2D eigenvalue weighted by atomic mass is 35.5. The molecular weight excluding hydrogens is 416 g/mol. The molecular formula is C19H13ClN4O6. The average molecular weight is 429 g/mol. The van der Waals surface area contributed by atoms with Crippen molar-refractivity contribution in [2.75, 3.05) is 5.32 Å². The number of rotatable bonds is 7. The Kier molecular flexibility index (Phi) is 5.88. The maximum atomic E-state index is 11.3. The molecule has 0 aliphatic heterocycles. The van der Waals surface area contributed by atoms with Crippen molar-refractivity contribution in [1.82, 2.24) is 15.0 Å². The van der Waals surface area contributed by atoms with Gasteiger partial charge in [-0.25, -0.2) is 19.4 Å². The molecule has 152 valence electrons. The Morgan fingerprint density at radius 1 is 0.833 bits per heavy atom. The van der Waals surface area contributed by atoms with E-state index < -0.39 is 17.9 Å². The smallest absolute Gasteiger partial charge is 0.335 e. The molecule has 3 aromatic rings. The molecule has 0 aliphatic rings. The van der Waals surface area contributed by atoms with Crippen LogP contribution in [0.15, 0.2) is 42.5 Å². The largest absolute Gasteiger partial charge is 0.478 e. The number of hydrogen-bond donors (Lipinski definition) is 4. The zero-order chi connectivity index (χ0) is 21.8. The minimum absolute atomic E-state index is 0.00646. The number of anilines is 2. The number of nitrogens with one attached hydrogen (secondary N) is 1. The summed E-state index contributed by atoms with van der Waals surface area (Å²) in [5.74, 6) is -3.44. The van der Waals surface area contributed by atoms with Gasteiger partial charge in [-0.05, 0) is 53.6 Å². The lowest BCUT2D eigenvalue weighted by Gasteiger charge is -2.09. The molecule has 10 nitrogen and oxygen atoms in total. The number of halogens is 1. The Labute approximate surface area is 173 Å². The maximum Gasteiger partial charge on any atom is 0.335 e. The van der Waals surface area contributed by atoms with Gasteiger partial charge in [-0.15, -0.1) is 0 Å². The van der Waals surface area contributed by atoms with E-state index in [0.717, 1.165) is 6.07 Å². The molecule has 1 aromatic heterocycles. The summed E-state index contributed by atoms with van der Waals surface area (Å²) < 4.78 is 0. The molecule has 0 spiro atoms. The van der Waals surface area contributed by atoms with Crippen molar-refractivity contribution < 1.29 is 29.7 Å². The topological polar surface area (TPSA) is 163 Å². The number of carboxylic acids is 3. The SMILES string of the molecule is O=C(O)c1cccc(Nc2nc(Cl)nc(Cc3cc(C(=O)O)cc(C(=O)O)c3)n2)c1. The third kappa shape index (κ3) is 5.06. The molecule has 0 unspecified atom stereocenters. The zero-order valence-electron chi connectivity index (χ0n) is 15.0. The third-order valence-corrected chi connectivity index (χ3v) is 4.04. The van der Waals surface area contributed by atoms with Crippen molar-refractivity contribution >= 4 is 41.1 Å². The summed E-state index contributed by atoms with van der Waals surface area (Å²) in [5.41, 5.74) is 0.451. The van der Waals surface area contributed by atoms with Crippen molar-refractivity contribution in [3.8, 4) is 0 Å². The summed E-state index contributed by atoms with van der Waals surface area (Å²) in [6.07, 6.45) is -0.00646. The molecule has 11 heteroatoms. The van der Waals surface area contributed by atoms with Crippen LogP contribution in [0.4, 0.5) is 11.6 Å². The van der Waals surface area contributed by atoms with Crippen LogP contribution in [0.3, 0.4) is 0 Å². The van der Waals surface area contributed by atoms with Crippen LogP contribution in [-0.4, -0.2) is 48.2 Å². The summed E-state index contributed by atoms with van der Waals surface area (Å²) in [7, 11) is 0. The lowest BCUT2D eigenvalue weighted by Crippen LogP contribution is -2.07. The number of carboxylic acid groups (broad SMARTS) is 3. The predicted octanol–water partition coefficient (Wildman–Crippen LogP) is 2.95. The zero-order valence-corrected chi connectivity index (χ0v) is 15.8. The van der Waals surface area contributed by atoms with E-state index in [1.54, 1.807) is 12.1 Å². The standard InChI is InChI=1S/C19H13ClN4O6/c20-18-22-14(6-9-4-11(16(27)28)7-12(5-9)17(29)30)23-19(24-18)21-13-3-1-2-10(8-13)15(25)26/h1-5,7-8H,6H2,(H,25,26)(H,27,28)(H,29,30)(H,21,22,23,24). The van der Waals surface area contributed by atoms with Crippen LogP contribution in [0.25, 0.3) is 0 Å².